The highest BCUT2D eigenvalue weighted by molar-refractivity contribution is 9.10. The van der Waals surface area contributed by atoms with Gasteiger partial charge in [0.05, 0.1) is 0 Å². The van der Waals surface area contributed by atoms with Crippen LogP contribution in [0.3, 0.4) is 0 Å². The molecule has 16 heavy (non-hydrogen) atoms. The normalized spacial score (nSPS) is 10.1. The van der Waals surface area contributed by atoms with Crippen LogP contribution < -0.4 is 4.74 Å². The van der Waals surface area contributed by atoms with Gasteiger partial charge in [0, 0.05) is 18.6 Å². The Morgan fingerprint density at radius 1 is 1.44 bits per heavy atom. The Hall–Kier alpha value is -1.17. The molecule has 0 N–H and O–H groups in total. The Morgan fingerprint density at radius 3 is 2.62 bits per heavy atom. The molecule has 6 heteroatoms. The molecule has 1 amide bonds. The van der Waals surface area contributed by atoms with Gasteiger partial charge in [0.2, 0.25) is 5.82 Å². The molecule has 0 spiro atoms. The summed E-state index contributed by atoms with van der Waals surface area (Å²) in [6, 6.07) is 2.25. The Bertz CT molecular complexity index is 410. The molecule has 3 nitrogen and oxygen atoms in total. The molecule has 0 radical (unpaired) electrons. The Balaban J connectivity index is 2.78. The van der Waals surface area contributed by atoms with Gasteiger partial charge in [-0.1, -0.05) is 15.9 Å². The van der Waals surface area contributed by atoms with Crippen molar-refractivity contribution in [2.75, 3.05) is 20.7 Å². The molecule has 0 aliphatic rings. The van der Waals surface area contributed by atoms with Crippen LogP contribution in [0.15, 0.2) is 16.6 Å². The second-order valence-electron chi connectivity index (χ2n) is 3.28. The molecule has 1 aromatic carbocycles. The number of hydrogen-bond acceptors (Lipinski definition) is 2. The van der Waals surface area contributed by atoms with Gasteiger partial charge < -0.3 is 9.64 Å². The molecule has 0 aliphatic heterocycles. The van der Waals surface area contributed by atoms with E-state index >= 15 is 0 Å². The molecule has 0 fully saturated rings. The lowest BCUT2D eigenvalue weighted by Crippen LogP contribution is -2.27. The molecule has 0 heterocycles. The number of hydrogen-bond donors (Lipinski definition) is 0. The van der Waals surface area contributed by atoms with Crippen LogP contribution in [-0.2, 0) is 4.79 Å². The van der Waals surface area contributed by atoms with Gasteiger partial charge in [0.1, 0.15) is 0 Å². The van der Waals surface area contributed by atoms with Gasteiger partial charge >= 0.3 is 0 Å². The van der Waals surface area contributed by atoms with Crippen molar-refractivity contribution in [1.82, 2.24) is 4.90 Å². The average molecular weight is 294 g/mol. The summed E-state index contributed by atoms with van der Waals surface area (Å²) in [5.41, 5.74) is 0. The third-order valence-electron chi connectivity index (χ3n) is 1.81. The fourth-order valence-corrected chi connectivity index (χ4v) is 1.31. The molecule has 0 aliphatic carbocycles. The molecule has 1 aromatic rings. The Kier molecular flexibility index (Phi) is 4.23. The van der Waals surface area contributed by atoms with E-state index in [1.165, 1.54) is 11.0 Å². The van der Waals surface area contributed by atoms with Crippen LogP contribution in [0.2, 0.25) is 0 Å². The van der Waals surface area contributed by atoms with Crippen molar-refractivity contribution >= 4 is 21.8 Å². The van der Waals surface area contributed by atoms with Crippen molar-refractivity contribution in [3.05, 3.63) is 28.2 Å². The van der Waals surface area contributed by atoms with Gasteiger partial charge in [0.15, 0.2) is 18.2 Å². The quantitative estimate of drug-likeness (QED) is 0.800. The largest absolute Gasteiger partial charge is 0.481 e. The molecular formula is C10H10BrF2NO2. The lowest BCUT2D eigenvalue weighted by Gasteiger charge is -2.12. The van der Waals surface area contributed by atoms with E-state index in [0.717, 1.165) is 6.07 Å². The number of ether oxygens (including phenoxy) is 1. The highest BCUT2D eigenvalue weighted by Crippen LogP contribution is 2.25. The summed E-state index contributed by atoms with van der Waals surface area (Å²) < 4.78 is 31.4. The van der Waals surface area contributed by atoms with E-state index in [9.17, 15) is 13.6 Å². The van der Waals surface area contributed by atoms with Gasteiger partial charge in [-0.05, 0) is 12.1 Å². The predicted octanol–water partition coefficient (Wildman–Crippen LogP) is 2.19. The summed E-state index contributed by atoms with van der Waals surface area (Å²) in [4.78, 5) is 12.5. The Morgan fingerprint density at radius 2 is 2.06 bits per heavy atom. The molecule has 0 atom stereocenters. The number of carbonyl (C=O) groups is 1. The molecule has 0 saturated heterocycles. The lowest BCUT2D eigenvalue weighted by atomic mass is 10.3. The zero-order valence-electron chi connectivity index (χ0n) is 8.76. The fraction of sp³-hybridized carbons (Fsp3) is 0.300. The van der Waals surface area contributed by atoms with Crippen LogP contribution in [0.25, 0.3) is 0 Å². The van der Waals surface area contributed by atoms with Crippen LogP contribution >= 0.6 is 15.9 Å². The first-order valence-corrected chi connectivity index (χ1v) is 5.18. The first-order chi connectivity index (χ1) is 7.41. The maximum atomic E-state index is 13.2. The van der Waals surface area contributed by atoms with Crippen molar-refractivity contribution in [3.8, 4) is 5.75 Å². The minimum Gasteiger partial charge on any atom is -0.481 e. The van der Waals surface area contributed by atoms with E-state index in [1.54, 1.807) is 14.1 Å². The fourth-order valence-electron chi connectivity index (χ4n) is 0.906. The lowest BCUT2D eigenvalue weighted by molar-refractivity contribution is -0.130. The summed E-state index contributed by atoms with van der Waals surface area (Å²) in [6.07, 6.45) is 0. The monoisotopic (exact) mass is 293 g/mol. The summed E-state index contributed by atoms with van der Waals surface area (Å²) >= 11 is 3.00. The van der Waals surface area contributed by atoms with Crippen LogP contribution in [-0.4, -0.2) is 31.5 Å². The van der Waals surface area contributed by atoms with E-state index in [1.807, 2.05) is 0 Å². The minimum atomic E-state index is -1.10. The van der Waals surface area contributed by atoms with Crippen LogP contribution in [0, 0.1) is 11.6 Å². The number of likely N-dealkylation sites (N-methyl/N-ethyl adjacent to an activating group) is 1. The molecular weight excluding hydrogens is 284 g/mol. The highest BCUT2D eigenvalue weighted by atomic mass is 79.9. The number of nitrogens with zero attached hydrogens (tertiary/aromatic N) is 1. The van der Waals surface area contributed by atoms with Crippen molar-refractivity contribution in [1.29, 1.82) is 0 Å². The number of amides is 1. The van der Waals surface area contributed by atoms with Gasteiger partial charge in [0.25, 0.3) is 5.91 Å². The zero-order chi connectivity index (χ0) is 12.3. The van der Waals surface area contributed by atoms with Gasteiger partial charge in [-0.15, -0.1) is 0 Å². The number of rotatable bonds is 3. The maximum Gasteiger partial charge on any atom is 0.259 e. The van der Waals surface area contributed by atoms with Crippen molar-refractivity contribution in [3.63, 3.8) is 0 Å². The van der Waals surface area contributed by atoms with Gasteiger partial charge in [-0.2, -0.15) is 4.39 Å². The van der Waals surface area contributed by atoms with E-state index in [-0.39, 0.29) is 18.3 Å². The maximum absolute atomic E-state index is 13.2. The SMILES string of the molecule is CN(C)C(=O)COc1cc(Br)cc(F)c1F. The third-order valence-corrected chi connectivity index (χ3v) is 2.27. The molecule has 0 aromatic heterocycles. The second kappa shape index (κ2) is 5.25. The van der Waals surface area contributed by atoms with Crippen molar-refractivity contribution in [2.24, 2.45) is 0 Å². The standard InChI is InChI=1S/C10H10BrF2NO2/c1-14(2)9(15)5-16-8-4-6(11)3-7(12)10(8)13/h3-4H,5H2,1-2H3. The molecule has 88 valence electrons. The van der Waals surface area contributed by atoms with Crippen LogP contribution in [0.4, 0.5) is 8.78 Å². The van der Waals surface area contributed by atoms with Crippen molar-refractivity contribution < 1.29 is 18.3 Å². The molecule has 0 unspecified atom stereocenters. The third kappa shape index (κ3) is 3.16. The topological polar surface area (TPSA) is 29.5 Å². The summed E-state index contributed by atoms with van der Waals surface area (Å²) in [5, 5.41) is 0. The number of carbonyl (C=O) groups excluding carboxylic acids is 1. The minimum absolute atomic E-state index is 0.290. The van der Waals surface area contributed by atoms with E-state index in [2.05, 4.69) is 15.9 Å². The Labute approximate surface area is 100 Å². The summed E-state index contributed by atoms with van der Waals surface area (Å²) in [6.45, 7) is -0.334. The molecule has 1 rings (SSSR count). The smallest absolute Gasteiger partial charge is 0.259 e. The number of halogens is 3. The average Bonchev–Trinajstić information content (AvgIpc) is 2.20. The predicted molar refractivity (Wildman–Crippen MR) is 58.2 cm³/mol. The molecule has 0 saturated carbocycles. The first-order valence-electron chi connectivity index (χ1n) is 4.39. The van der Waals surface area contributed by atoms with Crippen LogP contribution in [0.1, 0.15) is 0 Å². The van der Waals surface area contributed by atoms with E-state index in [0.29, 0.717) is 4.47 Å². The summed E-state index contributed by atoms with van der Waals surface area (Å²) in [7, 11) is 3.09. The van der Waals surface area contributed by atoms with Crippen LogP contribution in [0.5, 0.6) is 5.75 Å². The van der Waals surface area contributed by atoms with E-state index in [4.69, 9.17) is 4.74 Å². The summed E-state index contributed by atoms with van der Waals surface area (Å²) in [5.74, 6) is -2.75. The number of benzene rings is 1. The van der Waals surface area contributed by atoms with Gasteiger partial charge in [-0.3, -0.25) is 4.79 Å². The second-order valence-corrected chi connectivity index (χ2v) is 4.19. The first kappa shape index (κ1) is 12.9. The molecule has 0 bridgehead atoms. The zero-order valence-corrected chi connectivity index (χ0v) is 10.3. The van der Waals surface area contributed by atoms with E-state index < -0.39 is 11.6 Å². The highest BCUT2D eigenvalue weighted by Gasteiger charge is 2.13. The van der Waals surface area contributed by atoms with Crippen molar-refractivity contribution in [2.45, 2.75) is 0 Å². The van der Waals surface area contributed by atoms with Gasteiger partial charge in [-0.25, -0.2) is 4.39 Å².